The SMILES string of the molecule is CC1(C)CC2(CC(C)(C)N1)OCCC2=O. The van der Waals surface area contributed by atoms with E-state index in [1.54, 1.807) is 0 Å². The minimum absolute atomic E-state index is 0.0260. The van der Waals surface area contributed by atoms with E-state index in [1.807, 2.05) is 0 Å². The van der Waals surface area contributed by atoms with Gasteiger partial charge in [0.1, 0.15) is 5.60 Å². The van der Waals surface area contributed by atoms with Gasteiger partial charge in [-0.2, -0.15) is 0 Å². The summed E-state index contributed by atoms with van der Waals surface area (Å²) in [6.07, 6.45) is 2.18. The molecule has 2 saturated heterocycles. The van der Waals surface area contributed by atoms with Crippen LogP contribution < -0.4 is 5.32 Å². The highest BCUT2D eigenvalue weighted by Gasteiger charge is 2.53. The maximum absolute atomic E-state index is 12.0. The monoisotopic (exact) mass is 211 g/mol. The van der Waals surface area contributed by atoms with E-state index in [0.29, 0.717) is 18.8 Å². The zero-order chi connectivity index (χ0) is 11.3. The van der Waals surface area contributed by atoms with E-state index in [2.05, 4.69) is 33.0 Å². The van der Waals surface area contributed by atoms with E-state index in [0.717, 1.165) is 12.8 Å². The van der Waals surface area contributed by atoms with Crippen LogP contribution in [0.15, 0.2) is 0 Å². The van der Waals surface area contributed by atoms with Crippen molar-refractivity contribution < 1.29 is 9.53 Å². The Morgan fingerprint density at radius 2 is 1.67 bits per heavy atom. The van der Waals surface area contributed by atoms with Gasteiger partial charge in [0.2, 0.25) is 0 Å². The summed E-state index contributed by atoms with van der Waals surface area (Å²) in [6.45, 7) is 9.18. The number of piperidine rings is 1. The Morgan fingerprint density at radius 1 is 1.13 bits per heavy atom. The standard InChI is InChI=1S/C12H21NO2/c1-10(2)7-12(8-11(3,4)13-10)9(14)5-6-15-12/h13H,5-8H2,1-4H3. The van der Waals surface area contributed by atoms with E-state index in [-0.39, 0.29) is 11.1 Å². The Hall–Kier alpha value is -0.410. The van der Waals surface area contributed by atoms with Crippen LogP contribution in [0, 0.1) is 0 Å². The molecule has 2 aliphatic rings. The van der Waals surface area contributed by atoms with Crippen LogP contribution in [0.25, 0.3) is 0 Å². The first-order chi connectivity index (χ1) is 6.75. The van der Waals surface area contributed by atoms with Crippen molar-refractivity contribution in [1.29, 1.82) is 0 Å². The van der Waals surface area contributed by atoms with Crippen molar-refractivity contribution in [3.8, 4) is 0 Å². The Kier molecular flexibility index (Phi) is 2.25. The van der Waals surface area contributed by atoms with E-state index < -0.39 is 5.60 Å². The Balaban J connectivity index is 2.30. The second-order valence-electron chi connectivity index (χ2n) is 6.26. The first-order valence-corrected chi connectivity index (χ1v) is 5.71. The van der Waals surface area contributed by atoms with Crippen LogP contribution in [0.3, 0.4) is 0 Å². The van der Waals surface area contributed by atoms with Gasteiger partial charge in [0.05, 0.1) is 6.61 Å². The second kappa shape index (κ2) is 3.05. The molecule has 0 bridgehead atoms. The molecular formula is C12H21NO2. The molecule has 0 aromatic carbocycles. The fraction of sp³-hybridized carbons (Fsp3) is 0.917. The smallest absolute Gasteiger partial charge is 0.167 e. The number of carbonyl (C=O) groups is 1. The van der Waals surface area contributed by atoms with E-state index in [4.69, 9.17) is 4.74 Å². The van der Waals surface area contributed by atoms with Gasteiger partial charge in [-0.05, 0) is 27.7 Å². The molecule has 0 radical (unpaired) electrons. The third-order valence-corrected chi connectivity index (χ3v) is 3.35. The molecule has 0 unspecified atom stereocenters. The van der Waals surface area contributed by atoms with Crippen molar-refractivity contribution in [2.24, 2.45) is 0 Å². The lowest BCUT2D eigenvalue weighted by atomic mass is 9.71. The van der Waals surface area contributed by atoms with Gasteiger partial charge >= 0.3 is 0 Å². The van der Waals surface area contributed by atoms with Crippen molar-refractivity contribution in [3.63, 3.8) is 0 Å². The molecule has 1 N–H and O–H groups in total. The van der Waals surface area contributed by atoms with Gasteiger partial charge < -0.3 is 10.1 Å². The predicted molar refractivity (Wildman–Crippen MR) is 58.8 cm³/mol. The van der Waals surface area contributed by atoms with Gasteiger partial charge in [-0.25, -0.2) is 0 Å². The first kappa shape index (κ1) is 11.1. The number of rotatable bonds is 0. The highest BCUT2D eigenvalue weighted by atomic mass is 16.5. The molecule has 0 aromatic heterocycles. The molecule has 0 aliphatic carbocycles. The van der Waals surface area contributed by atoms with Crippen LogP contribution in [0.4, 0.5) is 0 Å². The summed E-state index contributed by atoms with van der Waals surface area (Å²) in [5, 5.41) is 3.57. The molecule has 0 saturated carbocycles. The van der Waals surface area contributed by atoms with Gasteiger partial charge in [0.25, 0.3) is 0 Å². The molecule has 2 rings (SSSR count). The summed E-state index contributed by atoms with van der Waals surface area (Å²) in [5.74, 6) is 0.296. The third-order valence-electron chi connectivity index (χ3n) is 3.35. The fourth-order valence-corrected chi connectivity index (χ4v) is 3.44. The van der Waals surface area contributed by atoms with Crippen molar-refractivity contribution >= 4 is 5.78 Å². The van der Waals surface area contributed by atoms with Gasteiger partial charge in [-0.1, -0.05) is 0 Å². The number of nitrogens with one attached hydrogen (secondary N) is 1. The van der Waals surface area contributed by atoms with E-state index in [1.165, 1.54) is 0 Å². The highest BCUT2D eigenvalue weighted by molar-refractivity contribution is 5.89. The number of Topliss-reactive ketones (excluding diaryl/α,β-unsaturated/α-hetero) is 1. The molecule has 86 valence electrons. The number of carbonyl (C=O) groups excluding carboxylic acids is 1. The summed E-state index contributed by atoms with van der Waals surface area (Å²) < 4.78 is 5.78. The molecule has 0 aromatic rings. The lowest BCUT2D eigenvalue weighted by Crippen LogP contribution is -2.65. The quantitative estimate of drug-likeness (QED) is 0.662. The summed E-state index contributed by atoms with van der Waals surface area (Å²) >= 11 is 0. The second-order valence-corrected chi connectivity index (χ2v) is 6.26. The van der Waals surface area contributed by atoms with Gasteiger partial charge in [-0.15, -0.1) is 0 Å². The molecule has 3 nitrogen and oxygen atoms in total. The third kappa shape index (κ3) is 1.95. The van der Waals surface area contributed by atoms with Gasteiger partial charge in [-0.3, -0.25) is 4.79 Å². The number of ether oxygens (including phenoxy) is 1. The van der Waals surface area contributed by atoms with Crippen LogP contribution in [0.1, 0.15) is 47.0 Å². The molecular weight excluding hydrogens is 190 g/mol. The minimum Gasteiger partial charge on any atom is -0.367 e. The average Bonchev–Trinajstić information content (AvgIpc) is 2.25. The van der Waals surface area contributed by atoms with Crippen LogP contribution in [0.2, 0.25) is 0 Å². The molecule has 1 spiro atoms. The normalized spacial score (nSPS) is 32.1. The van der Waals surface area contributed by atoms with Crippen molar-refractivity contribution in [1.82, 2.24) is 5.32 Å². The lowest BCUT2D eigenvalue weighted by molar-refractivity contribution is -0.141. The lowest BCUT2D eigenvalue weighted by Gasteiger charge is -2.50. The predicted octanol–water partition coefficient (Wildman–Crippen LogP) is 1.66. The summed E-state index contributed by atoms with van der Waals surface area (Å²) in [7, 11) is 0. The van der Waals surface area contributed by atoms with E-state index in [9.17, 15) is 4.79 Å². The van der Waals surface area contributed by atoms with Gasteiger partial charge in [0, 0.05) is 30.3 Å². The van der Waals surface area contributed by atoms with Crippen molar-refractivity contribution in [2.75, 3.05) is 6.61 Å². The van der Waals surface area contributed by atoms with Crippen LogP contribution in [0.5, 0.6) is 0 Å². The maximum Gasteiger partial charge on any atom is 0.167 e. The molecule has 2 fully saturated rings. The van der Waals surface area contributed by atoms with E-state index >= 15 is 0 Å². The summed E-state index contributed by atoms with van der Waals surface area (Å²) in [5.41, 5.74) is -0.554. The Labute approximate surface area is 91.6 Å². The minimum atomic E-state index is -0.502. The zero-order valence-corrected chi connectivity index (χ0v) is 10.1. The summed E-state index contributed by atoms with van der Waals surface area (Å²) in [6, 6.07) is 0. The van der Waals surface area contributed by atoms with Crippen molar-refractivity contribution in [3.05, 3.63) is 0 Å². The van der Waals surface area contributed by atoms with Crippen LogP contribution in [-0.4, -0.2) is 29.1 Å². The Morgan fingerprint density at radius 3 is 2.07 bits per heavy atom. The number of hydrogen-bond donors (Lipinski definition) is 1. The Bertz CT molecular complexity index is 278. The topological polar surface area (TPSA) is 38.3 Å². The molecule has 15 heavy (non-hydrogen) atoms. The molecule has 2 aliphatic heterocycles. The maximum atomic E-state index is 12.0. The van der Waals surface area contributed by atoms with Crippen LogP contribution >= 0.6 is 0 Å². The zero-order valence-electron chi connectivity index (χ0n) is 10.1. The first-order valence-electron chi connectivity index (χ1n) is 5.71. The molecule has 2 heterocycles. The molecule has 0 amide bonds. The highest BCUT2D eigenvalue weighted by Crippen LogP contribution is 2.42. The molecule has 0 atom stereocenters. The van der Waals surface area contributed by atoms with Crippen molar-refractivity contribution in [2.45, 2.75) is 63.6 Å². The average molecular weight is 211 g/mol. The van der Waals surface area contributed by atoms with Gasteiger partial charge in [0.15, 0.2) is 5.78 Å². The van der Waals surface area contributed by atoms with Crippen LogP contribution in [-0.2, 0) is 9.53 Å². The summed E-state index contributed by atoms with van der Waals surface area (Å²) in [4.78, 5) is 12.0. The number of ketones is 1. The molecule has 3 heteroatoms. The fourth-order valence-electron chi connectivity index (χ4n) is 3.44. The number of hydrogen-bond acceptors (Lipinski definition) is 3. The largest absolute Gasteiger partial charge is 0.367 e.